The van der Waals surface area contributed by atoms with E-state index in [1.807, 2.05) is 36.5 Å². The van der Waals surface area contributed by atoms with Crippen molar-refractivity contribution in [2.45, 2.75) is 23.1 Å². The third-order valence-electron chi connectivity index (χ3n) is 2.74. The fourth-order valence-electron chi connectivity index (χ4n) is 2.00. The van der Waals surface area contributed by atoms with Crippen molar-refractivity contribution in [2.75, 3.05) is 0 Å². The molecule has 3 rings (SSSR count). The third kappa shape index (κ3) is 1.97. The molecule has 16 heavy (non-hydrogen) atoms. The van der Waals surface area contributed by atoms with E-state index in [4.69, 9.17) is 11.6 Å². The number of fused-ring (bicyclic) bond motifs is 1. The zero-order chi connectivity index (χ0) is 11.0. The highest BCUT2D eigenvalue weighted by Crippen LogP contribution is 2.38. The van der Waals surface area contributed by atoms with Crippen LogP contribution in [0.2, 0.25) is 5.02 Å². The van der Waals surface area contributed by atoms with Crippen molar-refractivity contribution in [2.24, 2.45) is 0 Å². The summed E-state index contributed by atoms with van der Waals surface area (Å²) in [4.78, 5) is 5.39. The summed E-state index contributed by atoms with van der Waals surface area (Å²) < 4.78 is 2.13. The van der Waals surface area contributed by atoms with Gasteiger partial charge in [-0.05, 0) is 24.1 Å². The number of thioether (sulfide) groups is 1. The lowest BCUT2D eigenvalue weighted by molar-refractivity contribution is 0.663. The Morgan fingerprint density at radius 1 is 1.50 bits per heavy atom. The highest BCUT2D eigenvalue weighted by Gasteiger charge is 2.22. The van der Waals surface area contributed by atoms with Gasteiger partial charge in [0.2, 0.25) is 0 Å². The van der Waals surface area contributed by atoms with E-state index in [9.17, 15) is 0 Å². The predicted molar refractivity (Wildman–Crippen MR) is 67.0 cm³/mol. The van der Waals surface area contributed by atoms with Crippen molar-refractivity contribution in [1.29, 1.82) is 0 Å². The van der Waals surface area contributed by atoms with Crippen LogP contribution < -0.4 is 0 Å². The van der Waals surface area contributed by atoms with Crippen LogP contribution in [0.4, 0.5) is 0 Å². The van der Waals surface area contributed by atoms with Crippen LogP contribution in [0.3, 0.4) is 0 Å². The van der Waals surface area contributed by atoms with Gasteiger partial charge in [-0.3, -0.25) is 0 Å². The van der Waals surface area contributed by atoms with E-state index in [0.29, 0.717) is 5.25 Å². The fourth-order valence-corrected chi connectivity index (χ4v) is 3.61. The van der Waals surface area contributed by atoms with Gasteiger partial charge in [0.15, 0.2) is 0 Å². The molecule has 1 aromatic carbocycles. The largest absolute Gasteiger partial charge is 0.336 e. The number of halogens is 1. The number of nitrogens with zero attached hydrogens (tertiary/aromatic N) is 2. The number of imidazole rings is 1. The van der Waals surface area contributed by atoms with Gasteiger partial charge in [-0.1, -0.05) is 17.7 Å². The Kier molecular flexibility index (Phi) is 2.65. The van der Waals surface area contributed by atoms with Crippen LogP contribution in [0.15, 0.2) is 41.8 Å². The molecule has 4 heteroatoms. The number of hydrogen-bond donors (Lipinski definition) is 0. The Bertz CT molecular complexity index is 496. The molecule has 0 saturated heterocycles. The summed E-state index contributed by atoms with van der Waals surface area (Å²) in [6.45, 7) is 1.01. The first-order valence-electron chi connectivity index (χ1n) is 5.22. The second-order valence-corrected chi connectivity index (χ2v) is 5.73. The fraction of sp³-hybridized carbons (Fsp3) is 0.250. The summed E-state index contributed by atoms with van der Waals surface area (Å²) in [6.07, 6.45) is 6.83. The van der Waals surface area contributed by atoms with Crippen LogP contribution in [-0.4, -0.2) is 14.8 Å². The highest BCUT2D eigenvalue weighted by atomic mass is 35.5. The molecule has 0 fully saturated rings. The first-order valence-corrected chi connectivity index (χ1v) is 6.48. The van der Waals surface area contributed by atoms with E-state index in [1.54, 1.807) is 0 Å². The second kappa shape index (κ2) is 4.15. The van der Waals surface area contributed by atoms with Gasteiger partial charge in [0.25, 0.3) is 0 Å². The Balaban J connectivity index is 1.75. The molecule has 0 amide bonds. The van der Waals surface area contributed by atoms with Crippen LogP contribution in [0, 0.1) is 0 Å². The Morgan fingerprint density at radius 3 is 3.25 bits per heavy atom. The summed E-state index contributed by atoms with van der Waals surface area (Å²) in [5.41, 5.74) is 1.42. The molecule has 0 radical (unpaired) electrons. The molecule has 0 aliphatic carbocycles. The minimum atomic E-state index is 0.600. The van der Waals surface area contributed by atoms with Crippen LogP contribution in [0.5, 0.6) is 0 Å². The van der Waals surface area contributed by atoms with Gasteiger partial charge in [0.05, 0.1) is 6.33 Å². The quantitative estimate of drug-likeness (QED) is 0.814. The predicted octanol–water partition coefficient (Wildman–Crippen LogP) is 3.25. The van der Waals surface area contributed by atoms with Gasteiger partial charge in [-0.15, -0.1) is 11.8 Å². The van der Waals surface area contributed by atoms with Crippen LogP contribution in [-0.2, 0) is 13.0 Å². The lowest BCUT2D eigenvalue weighted by Crippen LogP contribution is -2.10. The van der Waals surface area contributed by atoms with Crippen molar-refractivity contribution in [3.05, 3.63) is 47.5 Å². The molecule has 1 aromatic heterocycles. The molecule has 1 atom stereocenters. The summed E-state index contributed by atoms with van der Waals surface area (Å²) in [5, 5.41) is 1.43. The Labute approximate surface area is 104 Å². The number of aromatic nitrogens is 2. The first-order chi connectivity index (χ1) is 7.81. The topological polar surface area (TPSA) is 17.8 Å². The lowest BCUT2D eigenvalue weighted by atomic mass is 10.1. The van der Waals surface area contributed by atoms with Crippen LogP contribution in [0.1, 0.15) is 5.56 Å². The molecule has 2 aromatic rings. The lowest BCUT2D eigenvalue weighted by Gasteiger charge is -2.08. The van der Waals surface area contributed by atoms with E-state index < -0.39 is 0 Å². The van der Waals surface area contributed by atoms with Crippen LogP contribution in [0.25, 0.3) is 0 Å². The minimum Gasteiger partial charge on any atom is -0.336 e. The average molecular weight is 251 g/mol. The third-order valence-corrected chi connectivity index (χ3v) is 4.26. The van der Waals surface area contributed by atoms with Crippen molar-refractivity contribution in [1.82, 2.24) is 9.55 Å². The summed E-state index contributed by atoms with van der Waals surface area (Å²) in [6, 6.07) is 6.18. The standard InChI is InChI=1S/C12H11ClN2S/c13-10-2-1-9-5-11(16-12(9)6-10)7-15-4-3-14-8-15/h1-4,6,8,11H,5,7H2. The molecular weight excluding hydrogens is 240 g/mol. The summed E-state index contributed by atoms with van der Waals surface area (Å²) >= 11 is 7.90. The van der Waals surface area contributed by atoms with E-state index in [0.717, 1.165) is 18.0 Å². The molecule has 0 saturated carbocycles. The molecule has 0 spiro atoms. The number of hydrogen-bond acceptors (Lipinski definition) is 2. The van der Waals surface area contributed by atoms with Crippen molar-refractivity contribution in [3.63, 3.8) is 0 Å². The van der Waals surface area contributed by atoms with Crippen molar-refractivity contribution < 1.29 is 0 Å². The van der Waals surface area contributed by atoms with Crippen molar-refractivity contribution >= 4 is 23.4 Å². The van der Waals surface area contributed by atoms with E-state index in [1.165, 1.54) is 10.5 Å². The average Bonchev–Trinajstić information content (AvgIpc) is 2.86. The van der Waals surface area contributed by atoms with Gasteiger partial charge in [0.1, 0.15) is 0 Å². The minimum absolute atomic E-state index is 0.600. The molecular formula is C12H11ClN2S. The zero-order valence-electron chi connectivity index (χ0n) is 8.64. The van der Waals surface area contributed by atoms with Gasteiger partial charge in [-0.25, -0.2) is 4.98 Å². The molecule has 82 valence electrons. The maximum Gasteiger partial charge on any atom is 0.0946 e. The normalized spacial score (nSPS) is 18.7. The first kappa shape index (κ1) is 10.2. The Morgan fingerprint density at radius 2 is 2.44 bits per heavy atom. The second-order valence-electron chi connectivity index (χ2n) is 3.96. The monoisotopic (exact) mass is 250 g/mol. The highest BCUT2D eigenvalue weighted by molar-refractivity contribution is 8.00. The molecule has 2 heterocycles. The molecule has 1 aliphatic heterocycles. The molecule has 1 aliphatic rings. The maximum absolute atomic E-state index is 5.99. The number of benzene rings is 1. The SMILES string of the molecule is Clc1ccc2c(c1)SC(Cn1ccnc1)C2. The van der Waals surface area contributed by atoms with E-state index in [-0.39, 0.29) is 0 Å². The molecule has 2 nitrogen and oxygen atoms in total. The molecule has 0 N–H and O–H groups in total. The Hall–Kier alpha value is -0.930. The molecule has 0 bridgehead atoms. The van der Waals surface area contributed by atoms with E-state index in [2.05, 4.69) is 21.7 Å². The van der Waals surface area contributed by atoms with E-state index >= 15 is 0 Å². The van der Waals surface area contributed by atoms with Gasteiger partial charge < -0.3 is 4.57 Å². The van der Waals surface area contributed by atoms with Gasteiger partial charge in [-0.2, -0.15) is 0 Å². The molecule has 1 unspecified atom stereocenters. The smallest absolute Gasteiger partial charge is 0.0946 e. The summed E-state index contributed by atoms with van der Waals surface area (Å²) in [5.74, 6) is 0. The van der Waals surface area contributed by atoms with Crippen molar-refractivity contribution in [3.8, 4) is 0 Å². The zero-order valence-corrected chi connectivity index (χ0v) is 10.2. The van der Waals surface area contributed by atoms with Gasteiger partial charge >= 0.3 is 0 Å². The van der Waals surface area contributed by atoms with Crippen LogP contribution >= 0.6 is 23.4 Å². The summed E-state index contributed by atoms with van der Waals surface area (Å²) in [7, 11) is 0. The maximum atomic E-state index is 5.99. The number of rotatable bonds is 2. The van der Waals surface area contributed by atoms with Gasteiger partial charge in [0, 0.05) is 34.1 Å².